The second-order valence-electron chi connectivity index (χ2n) is 2.97. The van der Waals surface area contributed by atoms with E-state index >= 15 is 0 Å². The molecule has 1 aliphatic rings. The summed E-state index contributed by atoms with van der Waals surface area (Å²) in [6, 6.07) is 4.89. The lowest BCUT2D eigenvalue weighted by Crippen LogP contribution is -2.07. The summed E-state index contributed by atoms with van der Waals surface area (Å²) >= 11 is 0. The molecule has 0 amide bonds. The van der Waals surface area contributed by atoms with Crippen LogP contribution in [0, 0.1) is 0 Å². The Morgan fingerprint density at radius 3 is 2.00 bits per heavy atom. The summed E-state index contributed by atoms with van der Waals surface area (Å²) in [6.07, 6.45) is -4.29. The highest BCUT2D eigenvalue weighted by Crippen LogP contribution is 2.41. The number of benzene rings is 1. The molecule has 0 aromatic heterocycles. The minimum Gasteiger partial charge on any atom is -0.328 e. The Kier molecular flexibility index (Phi) is 2.96. The molecule has 0 radical (unpaired) electrons. The number of rotatable bonds is 1. The third-order valence-corrected chi connectivity index (χ3v) is 3.46. The van der Waals surface area contributed by atoms with Crippen molar-refractivity contribution in [3.63, 3.8) is 0 Å². The first-order valence-corrected chi connectivity index (χ1v) is 5.48. The van der Waals surface area contributed by atoms with Crippen LogP contribution in [0.5, 0.6) is 0 Å². The van der Waals surface area contributed by atoms with Crippen molar-refractivity contribution in [3.05, 3.63) is 29.8 Å². The van der Waals surface area contributed by atoms with Gasteiger partial charge in [0.05, 0.1) is 18.8 Å². The Balaban J connectivity index is 2.16. The first-order chi connectivity index (χ1) is 7.07. The molecule has 82 valence electrons. The van der Waals surface area contributed by atoms with Gasteiger partial charge >= 0.3 is 6.18 Å². The van der Waals surface area contributed by atoms with Crippen LogP contribution in [0.1, 0.15) is 5.56 Å². The van der Waals surface area contributed by atoms with Crippen molar-refractivity contribution in [2.75, 3.05) is 13.2 Å². The maximum atomic E-state index is 12.2. The SMILES string of the molecule is FC(F)(F)c1ccc(P2OCCO2)cc1. The molecule has 0 aliphatic carbocycles. The molecule has 1 heterocycles. The molecule has 0 saturated carbocycles. The summed E-state index contributed by atoms with van der Waals surface area (Å²) in [5.74, 6) is 0. The lowest BCUT2D eigenvalue weighted by molar-refractivity contribution is -0.137. The average Bonchev–Trinajstić information content (AvgIpc) is 2.69. The van der Waals surface area contributed by atoms with Crippen molar-refractivity contribution in [1.29, 1.82) is 0 Å². The van der Waals surface area contributed by atoms with E-state index in [1.165, 1.54) is 12.1 Å². The first kappa shape index (κ1) is 10.9. The highest BCUT2D eigenvalue weighted by molar-refractivity contribution is 7.56. The van der Waals surface area contributed by atoms with E-state index in [9.17, 15) is 13.2 Å². The molecule has 1 saturated heterocycles. The van der Waals surface area contributed by atoms with E-state index in [0.717, 1.165) is 12.1 Å². The molecular formula is C9H8F3O2P. The lowest BCUT2D eigenvalue weighted by atomic mass is 10.2. The van der Waals surface area contributed by atoms with Crippen LogP contribution in [0.15, 0.2) is 24.3 Å². The summed E-state index contributed by atoms with van der Waals surface area (Å²) in [5, 5.41) is 0.676. The molecule has 15 heavy (non-hydrogen) atoms. The number of hydrogen-bond donors (Lipinski definition) is 0. The van der Waals surface area contributed by atoms with Gasteiger partial charge in [-0.3, -0.25) is 0 Å². The summed E-state index contributed by atoms with van der Waals surface area (Å²) in [7, 11) is -1.16. The second kappa shape index (κ2) is 4.08. The van der Waals surface area contributed by atoms with Crippen molar-refractivity contribution >= 4 is 13.7 Å². The smallest absolute Gasteiger partial charge is 0.328 e. The van der Waals surface area contributed by atoms with E-state index < -0.39 is 20.1 Å². The maximum absolute atomic E-state index is 12.2. The summed E-state index contributed by atoms with van der Waals surface area (Å²) in [5.41, 5.74) is -0.652. The van der Waals surface area contributed by atoms with E-state index in [4.69, 9.17) is 9.05 Å². The number of alkyl halides is 3. The van der Waals surface area contributed by atoms with Crippen LogP contribution in [0.4, 0.5) is 13.2 Å². The van der Waals surface area contributed by atoms with Gasteiger partial charge in [-0.2, -0.15) is 13.2 Å². The highest BCUT2D eigenvalue weighted by atomic mass is 31.2. The van der Waals surface area contributed by atoms with Crippen molar-refractivity contribution in [3.8, 4) is 0 Å². The van der Waals surface area contributed by atoms with Gasteiger partial charge in [0, 0.05) is 5.30 Å². The van der Waals surface area contributed by atoms with Gasteiger partial charge in [-0.05, 0) is 24.3 Å². The van der Waals surface area contributed by atoms with Gasteiger partial charge in [-0.1, -0.05) is 0 Å². The van der Waals surface area contributed by atoms with Crippen LogP contribution in [0.3, 0.4) is 0 Å². The molecule has 0 N–H and O–H groups in total. The van der Waals surface area contributed by atoms with Gasteiger partial charge in [-0.15, -0.1) is 0 Å². The predicted molar refractivity (Wildman–Crippen MR) is 49.9 cm³/mol. The van der Waals surface area contributed by atoms with Crippen LogP contribution in [-0.4, -0.2) is 13.2 Å². The third-order valence-electron chi connectivity index (χ3n) is 1.91. The Labute approximate surface area is 85.9 Å². The van der Waals surface area contributed by atoms with Gasteiger partial charge in [-0.25, -0.2) is 0 Å². The predicted octanol–water partition coefficient (Wildman–Crippen LogP) is 2.69. The fraction of sp³-hybridized carbons (Fsp3) is 0.333. The van der Waals surface area contributed by atoms with Crippen LogP contribution in [0.25, 0.3) is 0 Å². The van der Waals surface area contributed by atoms with Crippen molar-refractivity contribution in [2.24, 2.45) is 0 Å². The molecule has 6 heteroatoms. The van der Waals surface area contributed by atoms with Gasteiger partial charge in [0.15, 0.2) is 0 Å². The van der Waals surface area contributed by atoms with E-state index in [2.05, 4.69) is 0 Å². The van der Waals surface area contributed by atoms with E-state index in [0.29, 0.717) is 18.5 Å². The summed E-state index contributed by atoms with van der Waals surface area (Å²) in [4.78, 5) is 0. The minimum absolute atomic E-state index is 0.507. The molecule has 2 rings (SSSR count). The molecular weight excluding hydrogens is 228 g/mol. The topological polar surface area (TPSA) is 18.5 Å². The second-order valence-corrected chi connectivity index (χ2v) is 4.52. The average molecular weight is 236 g/mol. The van der Waals surface area contributed by atoms with Gasteiger partial charge in [0.25, 0.3) is 0 Å². The van der Waals surface area contributed by atoms with E-state index in [1.54, 1.807) is 0 Å². The van der Waals surface area contributed by atoms with Crippen molar-refractivity contribution in [2.45, 2.75) is 6.18 Å². The third kappa shape index (κ3) is 2.48. The van der Waals surface area contributed by atoms with Gasteiger partial charge in [0.2, 0.25) is 8.38 Å². The minimum atomic E-state index is -4.29. The van der Waals surface area contributed by atoms with Crippen molar-refractivity contribution in [1.82, 2.24) is 0 Å². The van der Waals surface area contributed by atoms with Crippen molar-refractivity contribution < 1.29 is 22.2 Å². The standard InChI is InChI=1S/C9H8F3O2P/c10-9(11,12)7-1-3-8(4-2-7)15-13-5-6-14-15/h1-4H,5-6H2. The zero-order chi connectivity index (χ0) is 10.9. The number of hydrogen-bond acceptors (Lipinski definition) is 2. The summed E-state index contributed by atoms with van der Waals surface area (Å²) in [6.45, 7) is 1.01. The molecule has 1 aliphatic heterocycles. The quantitative estimate of drug-likeness (QED) is 0.698. The normalized spacial score (nSPS) is 18.3. The molecule has 1 fully saturated rings. The molecule has 0 bridgehead atoms. The fourth-order valence-electron chi connectivity index (χ4n) is 1.20. The molecule has 2 nitrogen and oxygen atoms in total. The molecule has 1 aromatic carbocycles. The lowest BCUT2D eigenvalue weighted by Gasteiger charge is -2.10. The molecule has 0 unspecified atom stereocenters. The van der Waals surface area contributed by atoms with Crippen LogP contribution in [-0.2, 0) is 15.2 Å². The largest absolute Gasteiger partial charge is 0.416 e. The Bertz CT molecular complexity index is 330. The molecule has 0 atom stereocenters. The molecule has 1 aromatic rings. The zero-order valence-corrected chi connectivity index (χ0v) is 8.52. The monoisotopic (exact) mass is 236 g/mol. The van der Waals surface area contributed by atoms with Crippen LogP contribution < -0.4 is 5.30 Å². The number of halogens is 3. The van der Waals surface area contributed by atoms with Gasteiger partial charge in [0.1, 0.15) is 0 Å². The van der Waals surface area contributed by atoms with Gasteiger partial charge < -0.3 is 9.05 Å². The maximum Gasteiger partial charge on any atom is 0.416 e. The van der Waals surface area contributed by atoms with E-state index in [1.807, 2.05) is 0 Å². The first-order valence-electron chi connectivity index (χ1n) is 4.30. The Hall–Kier alpha value is -0.640. The Morgan fingerprint density at radius 2 is 1.53 bits per heavy atom. The zero-order valence-electron chi connectivity index (χ0n) is 7.62. The fourth-order valence-corrected chi connectivity index (χ4v) is 2.44. The van der Waals surface area contributed by atoms with Crippen LogP contribution in [0.2, 0.25) is 0 Å². The van der Waals surface area contributed by atoms with E-state index in [-0.39, 0.29) is 0 Å². The molecule has 0 spiro atoms. The summed E-state index contributed by atoms with van der Waals surface area (Å²) < 4.78 is 47.2. The highest BCUT2D eigenvalue weighted by Gasteiger charge is 2.30. The Morgan fingerprint density at radius 1 is 1.00 bits per heavy atom. The van der Waals surface area contributed by atoms with Crippen LogP contribution >= 0.6 is 8.38 Å².